The number of halogens is 1. The molecule has 0 aromatic carbocycles. The van der Waals surface area contributed by atoms with Gasteiger partial charge in [0.2, 0.25) is 0 Å². The van der Waals surface area contributed by atoms with E-state index in [1.807, 2.05) is 25.2 Å². The van der Waals surface area contributed by atoms with Crippen LogP contribution in [0.3, 0.4) is 0 Å². The van der Waals surface area contributed by atoms with Gasteiger partial charge in [-0.3, -0.25) is 14.0 Å². The van der Waals surface area contributed by atoms with Gasteiger partial charge in [0.15, 0.2) is 11.4 Å². The summed E-state index contributed by atoms with van der Waals surface area (Å²) in [7, 11) is 0. The van der Waals surface area contributed by atoms with Gasteiger partial charge in [-0.2, -0.15) is 0 Å². The molecule has 0 fully saturated rings. The molecule has 0 aliphatic rings. The van der Waals surface area contributed by atoms with Gasteiger partial charge in [-0.15, -0.1) is 11.3 Å². The molecule has 0 atom stereocenters. The molecule has 6 nitrogen and oxygen atoms in total. The van der Waals surface area contributed by atoms with Crippen molar-refractivity contribution in [2.75, 3.05) is 0 Å². The van der Waals surface area contributed by atoms with Crippen molar-refractivity contribution in [1.29, 1.82) is 0 Å². The summed E-state index contributed by atoms with van der Waals surface area (Å²) in [4.78, 5) is 35.3. The molecule has 8 heteroatoms. The third kappa shape index (κ3) is 3.39. The predicted molar refractivity (Wildman–Crippen MR) is 97.4 cm³/mol. The Morgan fingerprint density at radius 2 is 2.08 bits per heavy atom. The molecule has 0 bridgehead atoms. The molecule has 3 aromatic rings. The molecule has 0 saturated carbocycles. The van der Waals surface area contributed by atoms with E-state index in [9.17, 15) is 9.59 Å². The van der Waals surface area contributed by atoms with Gasteiger partial charge in [-0.05, 0) is 22.0 Å². The van der Waals surface area contributed by atoms with E-state index < -0.39 is 5.41 Å². The number of hydrogen-bond acceptors (Lipinski definition) is 5. The molecule has 124 valence electrons. The zero-order valence-corrected chi connectivity index (χ0v) is 15.7. The number of nitrogens with one attached hydrogen (secondary N) is 1. The van der Waals surface area contributed by atoms with E-state index >= 15 is 0 Å². The first-order chi connectivity index (χ1) is 11.2. The minimum absolute atomic E-state index is 0.0312. The number of carbonyl (C=O) groups excluding carboxylic acids is 1. The van der Waals surface area contributed by atoms with E-state index in [-0.39, 0.29) is 11.3 Å². The second kappa shape index (κ2) is 6.10. The number of hydrogen-bond donors (Lipinski definition) is 1. The van der Waals surface area contributed by atoms with Crippen LogP contribution in [0.2, 0.25) is 0 Å². The Morgan fingerprint density at radius 3 is 2.79 bits per heavy atom. The van der Waals surface area contributed by atoms with E-state index in [0.29, 0.717) is 19.4 Å². The van der Waals surface area contributed by atoms with Crippen LogP contribution >= 0.6 is 27.3 Å². The Labute approximate surface area is 149 Å². The molecule has 0 aliphatic carbocycles. The Kier molecular flexibility index (Phi) is 4.27. The number of aromatic amines is 1. The maximum absolute atomic E-state index is 12.1. The van der Waals surface area contributed by atoms with Crippen LogP contribution in [-0.2, 0) is 4.79 Å². The number of ketones is 1. The lowest BCUT2D eigenvalue weighted by Crippen LogP contribution is -2.22. The first-order valence-electron chi connectivity index (χ1n) is 7.20. The van der Waals surface area contributed by atoms with Crippen molar-refractivity contribution in [3.63, 3.8) is 0 Å². The van der Waals surface area contributed by atoms with Crippen LogP contribution in [0.1, 0.15) is 26.5 Å². The van der Waals surface area contributed by atoms with Crippen molar-refractivity contribution in [2.24, 2.45) is 5.41 Å². The number of carbonyl (C=O) groups is 1. The zero-order valence-electron chi connectivity index (χ0n) is 13.3. The van der Waals surface area contributed by atoms with Crippen molar-refractivity contribution in [3.8, 4) is 0 Å². The Bertz CT molecular complexity index is 1100. The molecule has 1 N–H and O–H groups in total. The highest BCUT2D eigenvalue weighted by Crippen LogP contribution is 2.14. The number of nitrogens with zero attached hydrogens (tertiary/aromatic N) is 3. The number of aromatic nitrogens is 4. The van der Waals surface area contributed by atoms with Crippen LogP contribution in [0.4, 0.5) is 0 Å². The summed E-state index contributed by atoms with van der Waals surface area (Å²) in [6.07, 6.45) is 8.33. The third-order valence-electron chi connectivity index (χ3n) is 3.35. The largest absolute Gasteiger partial charge is 0.313 e. The molecule has 3 heterocycles. The molecule has 0 radical (unpaired) electrons. The van der Waals surface area contributed by atoms with Gasteiger partial charge >= 0.3 is 0 Å². The monoisotopic (exact) mass is 406 g/mol. The number of rotatable bonds is 2. The molecule has 0 unspecified atom stereocenters. The van der Waals surface area contributed by atoms with Crippen molar-refractivity contribution < 1.29 is 4.79 Å². The van der Waals surface area contributed by atoms with Crippen LogP contribution < -0.4 is 14.8 Å². The average Bonchev–Trinajstić information content (AvgIpc) is 3.03. The van der Waals surface area contributed by atoms with Gasteiger partial charge in [0.1, 0.15) is 4.60 Å². The van der Waals surface area contributed by atoms with E-state index in [1.165, 1.54) is 17.4 Å². The van der Waals surface area contributed by atoms with E-state index in [2.05, 4.69) is 30.9 Å². The van der Waals surface area contributed by atoms with Crippen LogP contribution in [0.25, 0.3) is 17.8 Å². The number of Topliss-reactive ketones (excluding diaryl/α,β-unsaturated/α-hetero) is 1. The Morgan fingerprint density at radius 1 is 1.33 bits per heavy atom. The van der Waals surface area contributed by atoms with Crippen molar-refractivity contribution >= 4 is 50.8 Å². The second-order valence-corrected chi connectivity index (χ2v) is 8.21. The number of thiazole rings is 1. The summed E-state index contributed by atoms with van der Waals surface area (Å²) < 4.78 is 3.56. The third-order valence-corrected chi connectivity index (χ3v) is 4.73. The molecule has 3 rings (SSSR count). The summed E-state index contributed by atoms with van der Waals surface area (Å²) in [5, 5.41) is 0. The maximum atomic E-state index is 12.1. The molecule has 0 amide bonds. The quantitative estimate of drug-likeness (QED) is 0.698. The summed E-state index contributed by atoms with van der Waals surface area (Å²) in [6, 6.07) is 0. The van der Waals surface area contributed by atoms with Crippen molar-refractivity contribution in [1.82, 2.24) is 19.4 Å². The molecule has 0 saturated heterocycles. The van der Waals surface area contributed by atoms with E-state index in [0.717, 1.165) is 5.69 Å². The van der Waals surface area contributed by atoms with Crippen molar-refractivity contribution in [2.45, 2.75) is 20.8 Å². The Hall–Kier alpha value is -2.06. The van der Waals surface area contributed by atoms with Crippen LogP contribution in [-0.4, -0.2) is 25.1 Å². The van der Waals surface area contributed by atoms with E-state index in [1.54, 1.807) is 24.7 Å². The SMILES string of the molecule is CC(C)(C)C(=O)/C=c1/[nH]c(=O)/c(=C/c2cnc3cnc(Br)cn23)s1. The summed E-state index contributed by atoms with van der Waals surface area (Å²) in [5.74, 6) is -0.0312. The van der Waals surface area contributed by atoms with Gasteiger partial charge in [-0.25, -0.2) is 9.97 Å². The molecule has 0 spiro atoms. The summed E-state index contributed by atoms with van der Waals surface area (Å²) >= 11 is 4.57. The summed E-state index contributed by atoms with van der Waals surface area (Å²) in [6.45, 7) is 5.53. The normalized spacial score (nSPS) is 13.8. The minimum Gasteiger partial charge on any atom is -0.313 e. The molecule has 0 aliphatic heterocycles. The van der Waals surface area contributed by atoms with Crippen LogP contribution in [0.5, 0.6) is 0 Å². The van der Waals surface area contributed by atoms with Gasteiger partial charge in [-0.1, -0.05) is 20.8 Å². The van der Waals surface area contributed by atoms with Gasteiger partial charge in [0, 0.05) is 17.7 Å². The number of fused-ring (bicyclic) bond motifs is 1. The molecular weight excluding hydrogens is 392 g/mol. The fourth-order valence-corrected chi connectivity index (χ4v) is 3.16. The number of H-pyrrole nitrogens is 1. The van der Waals surface area contributed by atoms with Gasteiger partial charge in [0.05, 0.1) is 27.3 Å². The predicted octanol–water partition coefficient (Wildman–Crippen LogP) is 1.47. The highest BCUT2D eigenvalue weighted by atomic mass is 79.9. The highest BCUT2D eigenvalue weighted by Gasteiger charge is 2.18. The highest BCUT2D eigenvalue weighted by molar-refractivity contribution is 9.10. The Balaban J connectivity index is 2.11. The zero-order chi connectivity index (χ0) is 17.5. The lowest BCUT2D eigenvalue weighted by atomic mass is 9.91. The fourth-order valence-electron chi connectivity index (χ4n) is 1.99. The number of imidazole rings is 1. The topological polar surface area (TPSA) is 80.1 Å². The first kappa shape index (κ1) is 16.8. The molecule has 24 heavy (non-hydrogen) atoms. The van der Waals surface area contributed by atoms with Crippen molar-refractivity contribution in [3.05, 3.63) is 48.4 Å². The average molecular weight is 407 g/mol. The lowest BCUT2D eigenvalue weighted by Gasteiger charge is -2.12. The standard InChI is InChI=1S/C16H15BrN4O2S/c1-16(2,3)11(22)5-14-20-15(23)10(24-14)4-9-6-19-13-7-18-12(17)8-21(9)13/h4-8H,1-3H3,(H,20,23)/b10-4-,14-5-. The minimum atomic E-state index is -0.480. The van der Waals surface area contributed by atoms with E-state index in [4.69, 9.17) is 0 Å². The molecule has 3 aromatic heterocycles. The first-order valence-corrected chi connectivity index (χ1v) is 8.80. The fraction of sp³-hybridized carbons (Fsp3) is 0.250. The second-order valence-electron chi connectivity index (χ2n) is 6.31. The summed E-state index contributed by atoms with van der Waals surface area (Å²) in [5.41, 5.74) is 0.739. The van der Waals surface area contributed by atoms with Crippen LogP contribution in [0, 0.1) is 5.41 Å². The van der Waals surface area contributed by atoms with Crippen LogP contribution in [0.15, 0.2) is 28.0 Å². The smallest absolute Gasteiger partial charge is 0.266 e. The van der Waals surface area contributed by atoms with Gasteiger partial charge in [0.25, 0.3) is 5.56 Å². The maximum Gasteiger partial charge on any atom is 0.266 e. The van der Waals surface area contributed by atoms with Gasteiger partial charge < -0.3 is 4.98 Å². The molecular formula is C16H15BrN4O2S. The lowest BCUT2D eigenvalue weighted by molar-refractivity contribution is -0.119.